The van der Waals surface area contributed by atoms with Crippen molar-refractivity contribution in [3.05, 3.63) is 74.1 Å². The lowest BCUT2D eigenvalue weighted by Crippen LogP contribution is -2.29. The Hall–Kier alpha value is -3.39. The number of carbonyl (C=O) groups excluding carboxylic acids is 2. The molecule has 1 aromatic heterocycles. The molecule has 1 atom stereocenters. The SMILES string of the molecule is C=CCOC(=O)C1=C(C)NC(SCC(=O)Nc2cc(OC)c(Cl)cc2OC)=C(C#N)[C@H]1c1cccs1. The first-order chi connectivity index (χ1) is 17.3. The fourth-order valence-electron chi connectivity index (χ4n) is 3.53. The summed E-state index contributed by atoms with van der Waals surface area (Å²) in [7, 11) is 2.94. The van der Waals surface area contributed by atoms with Crippen molar-refractivity contribution in [2.24, 2.45) is 0 Å². The molecule has 1 aromatic carbocycles. The van der Waals surface area contributed by atoms with Crippen molar-refractivity contribution in [3.63, 3.8) is 0 Å². The number of hydrogen-bond acceptors (Lipinski definition) is 9. The minimum absolute atomic E-state index is 0.0116. The van der Waals surface area contributed by atoms with Crippen molar-refractivity contribution in [2.75, 3.05) is 31.9 Å². The summed E-state index contributed by atoms with van der Waals surface area (Å²) >= 11 is 8.73. The molecule has 0 saturated carbocycles. The summed E-state index contributed by atoms with van der Waals surface area (Å²) in [6.07, 6.45) is 1.48. The number of hydrogen-bond donors (Lipinski definition) is 2. The molecule has 2 heterocycles. The van der Waals surface area contributed by atoms with Crippen LogP contribution in [0.25, 0.3) is 0 Å². The Labute approximate surface area is 222 Å². The summed E-state index contributed by atoms with van der Waals surface area (Å²) in [5, 5.41) is 18.7. The third-order valence-corrected chi connectivity index (χ3v) is 7.37. The molecule has 2 aromatic rings. The van der Waals surface area contributed by atoms with Crippen LogP contribution in [-0.4, -0.2) is 38.5 Å². The van der Waals surface area contributed by atoms with E-state index in [-0.39, 0.29) is 18.3 Å². The molecule has 3 rings (SSSR count). The molecule has 2 N–H and O–H groups in total. The monoisotopic (exact) mass is 545 g/mol. The summed E-state index contributed by atoms with van der Waals surface area (Å²) in [6.45, 7) is 5.37. The summed E-state index contributed by atoms with van der Waals surface area (Å²) in [5.41, 5.74) is 1.63. The lowest BCUT2D eigenvalue weighted by atomic mass is 9.87. The fourth-order valence-corrected chi connectivity index (χ4v) is 5.50. The minimum Gasteiger partial charge on any atom is -0.495 e. The van der Waals surface area contributed by atoms with Gasteiger partial charge in [0.05, 0.1) is 58.8 Å². The van der Waals surface area contributed by atoms with E-state index in [2.05, 4.69) is 23.3 Å². The third-order valence-electron chi connectivity index (χ3n) is 5.12. The van der Waals surface area contributed by atoms with Gasteiger partial charge in [0.15, 0.2) is 0 Å². The molecule has 36 heavy (non-hydrogen) atoms. The number of nitrogens with one attached hydrogen (secondary N) is 2. The van der Waals surface area contributed by atoms with Crippen molar-refractivity contribution < 1.29 is 23.8 Å². The van der Waals surface area contributed by atoms with Gasteiger partial charge in [-0.15, -0.1) is 11.3 Å². The Morgan fingerprint density at radius 3 is 2.69 bits per heavy atom. The van der Waals surface area contributed by atoms with Crippen molar-refractivity contribution >= 4 is 52.3 Å². The average Bonchev–Trinajstić information content (AvgIpc) is 3.41. The lowest BCUT2D eigenvalue weighted by molar-refractivity contribution is -0.138. The number of thiophene rings is 1. The predicted octanol–water partition coefficient (Wildman–Crippen LogP) is 5.22. The summed E-state index contributed by atoms with van der Waals surface area (Å²) in [6, 6.07) is 9.06. The van der Waals surface area contributed by atoms with Crippen LogP contribution in [0.2, 0.25) is 5.02 Å². The second-order valence-electron chi connectivity index (χ2n) is 7.38. The van der Waals surface area contributed by atoms with Gasteiger partial charge in [-0.05, 0) is 18.4 Å². The number of thioether (sulfide) groups is 1. The molecular weight excluding hydrogens is 522 g/mol. The molecule has 0 aliphatic carbocycles. The zero-order valence-corrected chi connectivity index (χ0v) is 22.2. The maximum absolute atomic E-state index is 12.8. The molecule has 0 spiro atoms. The van der Waals surface area contributed by atoms with E-state index in [1.54, 1.807) is 19.1 Å². The topological polar surface area (TPSA) is 110 Å². The number of amides is 1. The smallest absolute Gasteiger partial charge is 0.337 e. The number of allylic oxidation sites excluding steroid dienone is 2. The molecule has 1 aliphatic heterocycles. The quantitative estimate of drug-likeness (QED) is 0.309. The number of halogens is 1. The lowest BCUT2D eigenvalue weighted by Gasteiger charge is -2.28. The highest BCUT2D eigenvalue weighted by molar-refractivity contribution is 8.03. The van der Waals surface area contributed by atoms with E-state index in [1.165, 1.54) is 31.6 Å². The van der Waals surface area contributed by atoms with Gasteiger partial charge in [0.2, 0.25) is 5.91 Å². The van der Waals surface area contributed by atoms with Crippen LogP contribution in [0.5, 0.6) is 11.5 Å². The van der Waals surface area contributed by atoms with Gasteiger partial charge in [-0.25, -0.2) is 4.79 Å². The Bertz CT molecular complexity index is 1270. The van der Waals surface area contributed by atoms with E-state index >= 15 is 0 Å². The number of carbonyl (C=O) groups is 2. The predicted molar refractivity (Wildman–Crippen MR) is 142 cm³/mol. The van der Waals surface area contributed by atoms with Crippen LogP contribution in [0.3, 0.4) is 0 Å². The second kappa shape index (κ2) is 12.5. The van der Waals surface area contributed by atoms with Crippen LogP contribution < -0.4 is 20.1 Å². The van der Waals surface area contributed by atoms with Gasteiger partial charge in [0.1, 0.15) is 18.1 Å². The molecule has 0 saturated heterocycles. The fraction of sp³-hybridized carbons (Fsp3) is 0.240. The minimum atomic E-state index is -0.611. The van der Waals surface area contributed by atoms with Gasteiger partial charge >= 0.3 is 5.97 Å². The highest BCUT2D eigenvalue weighted by atomic mass is 35.5. The zero-order valence-electron chi connectivity index (χ0n) is 19.8. The van der Waals surface area contributed by atoms with Gasteiger partial charge < -0.3 is 24.8 Å². The summed E-state index contributed by atoms with van der Waals surface area (Å²) in [5.74, 6) is -0.719. The van der Waals surface area contributed by atoms with E-state index in [0.717, 1.165) is 16.6 Å². The second-order valence-corrected chi connectivity index (χ2v) is 9.75. The van der Waals surface area contributed by atoms with E-state index in [9.17, 15) is 14.9 Å². The number of ether oxygens (including phenoxy) is 3. The highest BCUT2D eigenvalue weighted by Gasteiger charge is 2.36. The number of nitrogens with zero attached hydrogens (tertiary/aromatic N) is 1. The van der Waals surface area contributed by atoms with Crippen LogP contribution in [0, 0.1) is 11.3 Å². The van der Waals surface area contributed by atoms with Gasteiger partial charge in [-0.2, -0.15) is 5.26 Å². The normalized spacial score (nSPS) is 15.0. The zero-order chi connectivity index (χ0) is 26.2. The molecule has 1 amide bonds. The van der Waals surface area contributed by atoms with Crippen molar-refractivity contribution in [1.29, 1.82) is 5.26 Å². The number of esters is 1. The first-order valence-corrected chi connectivity index (χ1v) is 12.9. The summed E-state index contributed by atoms with van der Waals surface area (Å²) in [4.78, 5) is 26.5. The number of nitriles is 1. The summed E-state index contributed by atoms with van der Waals surface area (Å²) < 4.78 is 15.8. The van der Waals surface area contributed by atoms with Gasteiger partial charge in [-0.3, -0.25) is 4.79 Å². The molecular formula is C25H24ClN3O5S2. The van der Waals surface area contributed by atoms with E-state index in [1.807, 2.05) is 17.5 Å². The highest BCUT2D eigenvalue weighted by Crippen LogP contribution is 2.42. The first kappa shape index (κ1) is 27.2. The molecule has 0 bridgehead atoms. The molecule has 11 heteroatoms. The maximum Gasteiger partial charge on any atom is 0.337 e. The van der Waals surface area contributed by atoms with Crippen molar-refractivity contribution in [2.45, 2.75) is 12.8 Å². The molecule has 1 aliphatic rings. The Morgan fingerprint density at radius 1 is 1.33 bits per heavy atom. The Morgan fingerprint density at radius 2 is 2.08 bits per heavy atom. The number of benzene rings is 1. The van der Waals surface area contributed by atoms with E-state index in [4.69, 9.17) is 25.8 Å². The third kappa shape index (κ3) is 6.05. The Balaban J connectivity index is 1.85. The number of anilines is 1. The standard InChI is InChI=1S/C25H24ClN3O5S2/c1-5-8-34-25(31)22-14(2)28-24(15(12-27)23(22)20-7-6-9-35-20)36-13-21(30)29-17-11-18(32-3)16(26)10-19(17)33-4/h5-7,9-11,23,28H,1,8,13H2,2-4H3,(H,29,30)/t23-/m0/s1. The van der Waals surface area contributed by atoms with Crippen LogP contribution >= 0.6 is 34.7 Å². The van der Waals surface area contributed by atoms with Crippen LogP contribution in [0.1, 0.15) is 17.7 Å². The van der Waals surface area contributed by atoms with E-state index < -0.39 is 11.9 Å². The molecule has 188 valence electrons. The van der Waals surface area contributed by atoms with Gasteiger partial charge in [-0.1, -0.05) is 42.1 Å². The molecule has 0 radical (unpaired) electrons. The van der Waals surface area contributed by atoms with Crippen molar-refractivity contribution in [1.82, 2.24) is 5.32 Å². The maximum atomic E-state index is 12.8. The molecule has 0 fully saturated rings. The Kier molecular flexibility index (Phi) is 9.47. The van der Waals surface area contributed by atoms with Gasteiger partial charge in [0, 0.05) is 22.7 Å². The average molecular weight is 546 g/mol. The van der Waals surface area contributed by atoms with Crippen molar-refractivity contribution in [3.8, 4) is 17.6 Å². The number of methoxy groups -OCH3 is 2. The van der Waals surface area contributed by atoms with Crippen LogP contribution in [0.4, 0.5) is 5.69 Å². The van der Waals surface area contributed by atoms with E-state index in [0.29, 0.717) is 44.1 Å². The van der Waals surface area contributed by atoms with Gasteiger partial charge in [0.25, 0.3) is 0 Å². The van der Waals surface area contributed by atoms with Crippen LogP contribution in [0.15, 0.2) is 64.2 Å². The number of dihydropyridines is 1. The molecule has 8 nitrogen and oxygen atoms in total. The largest absolute Gasteiger partial charge is 0.495 e. The van der Waals surface area contributed by atoms with Crippen LogP contribution in [-0.2, 0) is 14.3 Å². The molecule has 0 unspecified atom stereocenters. The number of rotatable bonds is 10. The first-order valence-electron chi connectivity index (χ1n) is 10.6.